The van der Waals surface area contributed by atoms with Gasteiger partial charge in [0.25, 0.3) is 0 Å². The summed E-state index contributed by atoms with van der Waals surface area (Å²) in [4.78, 5) is 46.5. The molecule has 2 atom stereocenters. The molecule has 22 heavy (non-hydrogen) atoms. The Morgan fingerprint density at radius 2 is 0.955 bits per heavy atom. The van der Waals surface area contributed by atoms with E-state index in [-0.39, 0.29) is 26.2 Å². The Morgan fingerprint density at radius 1 is 0.682 bits per heavy atom. The molecule has 10 heteroatoms. The van der Waals surface area contributed by atoms with Crippen LogP contribution in [0.4, 0.5) is 0 Å². The highest BCUT2D eigenvalue weighted by Crippen LogP contribution is 2.14. The summed E-state index contributed by atoms with van der Waals surface area (Å²) in [7, 11) is 0. The highest BCUT2D eigenvalue weighted by Gasteiger charge is 2.35. The van der Waals surface area contributed by atoms with E-state index >= 15 is 0 Å². The molecule has 0 spiro atoms. The maximum absolute atomic E-state index is 11.1. The number of hydrogen-bond donors (Lipinski definition) is 4. The van der Waals surface area contributed by atoms with Gasteiger partial charge in [0, 0.05) is 26.2 Å². The minimum atomic E-state index is -1.25. The lowest BCUT2D eigenvalue weighted by atomic mass is 10.1. The number of hydrogen-bond acceptors (Lipinski definition) is 6. The molecule has 0 bridgehead atoms. The van der Waals surface area contributed by atoms with E-state index in [4.69, 9.17) is 20.4 Å². The van der Waals surface area contributed by atoms with Crippen LogP contribution in [0.1, 0.15) is 12.8 Å². The molecule has 0 aromatic heterocycles. The number of aliphatic carboxylic acids is 4. The number of piperazine rings is 1. The number of carboxylic acids is 4. The standard InChI is InChI=1S/C12H18N2O8/c15-9(16)5-7(11(19)20)13-1-2-14(4-3-13)8(12(21)22)6-10(17)18/h7-8H,1-6H2,(H,15,16)(H,17,18)(H,19,20)(H,21,22)/t7-,8-/m1/s1. The number of rotatable bonds is 8. The highest BCUT2D eigenvalue weighted by atomic mass is 16.4. The summed E-state index contributed by atoms with van der Waals surface area (Å²) in [5, 5.41) is 35.6. The fraction of sp³-hybridized carbons (Fsp3) is 0.667. The average Bonchev–Trinajstić information content (AvgIpc) is 2.41. The van der Waals surface area contributed by atoms with Crippen LogP contribution in [0.25, 0.3) is 0 Å². The Hall–Kier alpha value is -2.20. The summed E-state index contributed by atoms with van der Waals surface area (Å²) in [5.41, 5.74) is 0. The van der Waals surface area contributed by atoms with E-state index in [2.05, 4.69) is 0 Å². The van der Waals surface area contributed by atoms with Gasteiger partial charge in [0.2, 0.25) is 0 Å². The lowest BCUT2D eigenvalue weighted by Crippen LogP contribution is -2.57. The van der Waals surface area contributed by atoms with Gasteiger partial charge in [-0.05, 0) is 0 Å². The normalized spacial score (nSPS) is 19.3. The van der Waals surface area contributed by atoms with Gasteiger partial charge in [0.1, 0.15) is 12.1 Å². The number of carboxylic acid groups (broad SMARTS) is 4. The molecule has 10 nitrogen and oxygen atoms in total. The Balaban J connectivity index is 2.67. The lowest BCUT2D eigenvalue weighted by molar-refractivity contribution is -0.153. The minimum absolute atomic E-state index is 0.160. The third-order valence-corrected chi connectivity index (χ3v) is 3.54. The molecule has 0 unspecified atom stereocenters. The van der Waals surface area contributed by atoms with Crippen LogP contribution in [0, 0.1) is 0 Å². The predicted molar refractivity (Wildman–Crippen MR) is 70.5 cm³/mol. The molecule has 0 amide bonds. The maximum Gasteiger partial charge on any atom is 0.321 e. The fourth-order valence-corrected chi connectivity index (χ4v) is 2.44. The second-order valence-electron chi connectivity index (χ2n) is 4.98. The first kappa shape index (κ1) is 17.9. The zero-order valence-corrected chi connectivity index (χ0v) is 11.7. The maximum atomic E-state index is 11.1. The molecule has 124 valence electrons. The van der Waals surface area contributed by atoms with Crippen LogP contribution in [0.5, 0.6) is 0 Å². The topological polar surface area (TPSA) is 156 Å². The van der Waals surface area contributed by atoms with Crippen molar-refractivity contribution in [2.45, 2.75) is 24.9 Å². The molecule has 1 fully saturated rings. The van der Waals surface area contributed by atoms with E-state index in [0.717, 1.165) is 0 Å². The van der Waals surface area contributed by atoms with Crippen LogP contribution in [0.15, 0.2) is 0 Å². The van der Waals surface area contributed by atoms with Crippen molar-refractivity contribution < 1.29 is 39.6 Å². The molecular formula is C12H18N2O8. The van der Waals surface area contributed by atoms with Gasteiger partial charge in [-0.1, -0.05) is 0 Å². The van der Waals surface area contributed by atoms with Crippen LogP contribution in [0.2, 0.25) is 0 Å². The average molecular weight is 318 g/mol. The van der Waals surface area contributed by atoms with Crippen molar-refractivity contribution in [3.8, 4) is 0 Å². The van der Waals surface area contributed by atoms with Crippen molar-refractivity contribution >= 4 is 23.9 Å². The van der Waals surface area contributed by atoms with E-state index in [1.165, 1.54) is 9.80 Å². The molecule has 0 radical (unpaired) electrons. The summed E-state index contributed by atoms with van der Waals surface area (Å²) in [5.74, 6) is -4.97. The SMILES string of the molecule is O=C(O)C[C@H](C(=O)O)N1CCN([C@H](CC(=O)O)C(=O)O)CC1. The smallest absolute Gasteiger partial charge is 0.321 e. The number of nitrogens with zero attached hydrogens (tertiary/aromatic N) is 2. The molecule has 1 heterocycles. The van der Waals surface area contributed by atoms with Gasteiger partial charge < -0.3 is 20.4 Å². The van der Waals surface area contributed by atoms with Gasteiger partial charge in [-0.25, -0.2) is 0 Å². The Bertz CT molecular complexity index is 416. The molecule has 0 aromatic rings. The second-order valence-corrected chi connectivity index (χ2v) is 4.98. The Labute approximate surface area is 125 Å². The molecule has 1 aliphatic rings. The first-order valence-electron chi connectivity index (χ1n) is 6.59. The molecule has 0 aromatic carbocycles. The summed E-state index contributed by atoms with van der Waals surface area (Å²) >= 11 is 0. The summed E-state index contributed by atoms with van der Waals surface area (Å²) < 4.78 is 0. The lowest BCUT2D eigenvalue weighted by Gasteiger charge is -2.39. The molecule has 4 N–H and O–H groups in total. The van der Waals surface area contributed by atoms with Crippen molar-refractivity contribution in [2.24, 2.45) is 0 Å². The third-order valence-electron chi connectivity index (χ3n) is 3.54. The molecule has 0 saturated carbocycles. The van der Waals surface area contributed by atoms with E-state index in [1.54, 1.807) is 0 Å². The van der Waals surface area contributed by atoms with Crippen LogP contribution >= 0.6 is 0 Å². The van der Waals surface area contributed by atoms with Gasteiger partial charge in [-0.15, -0.1) is 0 Å². The quantitative estimate of drug-likeness (QED) is 0.413. The van der Waals surface area contributed by atoms with Crippen molar-refractivity contribution in [1.82, 2.24) is 9.80 Å². The van der Waals surface area contributed by atoms with Crippen molar-refractivity contribution in [1.29, 1.82) is 0 Å². The largest absolute Gasteiger partial charge is 0.481 e. The van der Waals surface area contributed by atoms with Crippen molar-refractivity contribution in [2.75, 3.05) is 26.2 Å². The Kier molecular flexibility index (Phi) is 6.25. The van der Waals surface area contributed by atoms with Gasteiger partial charge in [-0.2, -0.15) is 0 Å². The monoisotopic (exact) mass is 318 g/mol. The van der Waals surface area contributed by atoms with Crippen LogP contribution in [-0.2, 0) is 19.2 Å². The molecule has 1 aliphatic heterocycles. The third kappa shape index (κ3) is 4.97. The van der Waals surface area contributed by atoms with Crippen LogP contribution in [0.3, 0.4) is 0 Å². The van der Waals surface area contributed by atoms with E-state index in [9.17, 15) is 19.2 Å². The summed E-state index contributed by atoms with van der Waals surface area (Å²) in [6.45, 7) is 0.641. The summed E-state index contributed by atoms with van der Waals surface area (Å²) in [6, 6.07) is -2.36. The summed E-state index contributed by atoms with van der Waals surface area (Å²) in [6.07, 6.45) is -1.10. The van der Waals surface area contributed by atoms with E-state index in [1.807, 2.05) is 0 Å². The zero-order chi connectivity index (χ0) is 16.9. The van der Waals surface area contributed by atoms with Crippen molar-refractivity contribution in [3.63, 3.8) is 0 Å². The molecular weight excluding hydrogens is 300 g/mol. The fourth-order valence-electron chi connectivity index (χ4n) is 2.44. The first-order chi connectivity index (χ1) is 10.2. The Morgan fingerprint density at radius 3 is 1.14 bits per heavy atom. The molecule has 1 saturated heterocycles. The van der Waals surface area contributed by atoms with Crippen LogP contribution in [-0.4, -0.2) is 92.4 Å². The molecule has 1 rings (SSSR count). The second kappa shape index (κ2) is 7.71. The van der Waals surface area contributed by atoms with E-state index in [0.29, 0.717) is 0 Å². The predicted octanol–water partition coefficient (Wildman–Crippen LogP) is -1.54. The number of carbonyl (C=O) groups is 4. The van der Waals surface area contributed by atoms with Crippen molar-refractivity contribution in [3.05, 3.63) is 0 Å². The van der Waals surface area contributed by atoms with Crippen LogP contribution < -0.4 is 0 Å². The van der Waals surface area contributed by atoms with Gasteiger partial charge in [0.05, 0.1) is 12.8 Å². The minimum Gasteiger partial charge on any atom is -0.481 e. The van der Waals surface area contributed by atoms with Gasteiger partial charge in [0.15, 0.2) is 0 Å². The zero-order valence-electron chi connectivity index (χ0n) is 11.7. The van der Waals surface area contributed by atoms with Gasteiger partial charge >= 0.3 is 23.9 Å². The molecule has 0 aliphatic carbocycles. The van der Waals surface area contributed by atoms with E-state index < -0.39 is 48.8 Å². The van der Waals surface area contributed by atoms with Gasteiger partial charge in [-0.3, -0.25) is 29.0 Å². The highest BCUT2D eigenvalue weighted by molar-refractivity contribution is 5.81. The first-order valence-corrected chi connectivity index (χ1v) is 6.59.